The Balaban J connectivity index is 1.78. The molecule has 1 fully saturated rings. The van der Waals surface area contributed by atoms with Crippen LogP contribution in [-0.2, 0) is 14.6 Å². The molecule has 27 heavy (non-hydrogen) atoms. The van der Waals surface area contributed by atoms with Gasteiger partial charge in [0.1, 0.15) is 11.2 Å². The molecular weight excluding hydrogens is 340 g/mol. The summed E-state index contributed by atoms with van der Waals surface area (Å²) in [6.45, 7) is 8.16. The summed E-state index contributed by atoms with van der Waals surface area (Å²) in [6, 6.07) is 10.3. The minimum atomic E-state index is -0.865. The van der Waals surface area contributed by atoms with Gasteiger partial charge in [0, 0.05) is 6.42 Å². The molecule has 1 N–H and O–H groups in total. The maximum absolute atomic E-state index is 11.0. The third-order valence-corrected chi connectivity index (χ3v) is 4.86. The van der Waals surface area contributed by atoms with Crippen molar-refractivity contribution in [2.75, 3.05) is 0 Å². The Labute approximate surface area is 162 Å². The molecule has 4 atom stereocenters. The monoisotopic (exact) mass is 372 g/mol. The second kappa shape index (κ2) is 9.34. The molecule has 0 radical (unpaired) electrons. The highest BCUT2D eigenvalue weighted by molar-refractivity contribution is 5.68. The van der Waals surface area contributed by atoms with Crippen molar-refractivity contribution in [1.82, 2.24) is 0 Å². The van der Waals surface area contributed by atoms with Crippen LogP contribution in [0.1, 0.15) is 58.9 Å². The van der Waals surface area contributed by atoms with Crippen molar-refractivity contribution >= 4 is 12.0 Å². The van der Waals surface area contributed by atoms with Crippen LogP contribution in [0.4, 0.5) is 0 Å². The lowest BCUT2D eigenvalue weighted by Crippen LogP contribution is -2.31. The van der Waals surface area contributed by atoms with Crippen LogP contribution in [0.3, 0.4) is 0 Å². The Morgan fingerprint density at radius 2 is 1.78 bits per heavy atom. The van der Waals surface area contributed by atoms with Gasteiger partial charge in [-0.15, -0.1) is 0 Å². The van der Waals surface area contributed by atoms with E-state index in [2.05, 4.69) is 50.3 Å². The molecule has 148 valence electrons. The van der Waals surface area contributed by atoms with Crippen molar-refractivity contribution in [3.05, 3.63) is 54.1 Å². The molecule has 0 unspecified atom stereocenters. The number of carboxylic acid groups (broad SMARTS) is 1. The number of allylic oxidation sites excluding steroid dienone is 3. The SMILES string of the molecule is C[C@@H](/C=C/c1ccccc1)C/C=C/[C@H](C)C[C@]1(C)C[C@](C)(CC(=O)O)OO1. The van der Waals surface area contributed by atoms with Crippen LogP contribution in [0.5, 0.6) is 0 Å². The van der Waals surface area contributed by atoms with Gasteiger partial charge in [-0.05, 0) is 44.1 Å². The van der Waals surface area contributed by atoms with Gasteiger partial charge in [-0.3, -0.25) is 4.79 Å². The normalized spacial score (nSPS) is 28.0. The van der Waals surface area contributed by atoms with Gasteiger partial charge >= 0.3 is 5.97 Å². The number of benzene rings is 1. The predicted octanol–water partition coefficient (Wildman–Crippen LogP) is 5.65. The third-order valence-electron chi connectivity index (χ3n) is 4.86. The fourth-order valence-electron chi connectivity index (χ4n) is 3.76. The summed E-state index contributed by atoms with van der Waals surface area (Å²) in [5.41, 5.74) is 0.0190. The second-order valence-electron chi connectivity index (χ2n) is 8.41. The smallest absolute Gasteiger partial charge is 0.306 e. The molecular formula is C23H32O4. The maximum atomic E-state index is 11.0. The lowest BCUT2D eigenvalue weighted by Gasteiger charge is -2.24. The molecule has 0 saturated carbocycles. The predicted molar refractivity (Wildman–Crippen MR) is 108 cm³/mol. The zero-order valence-corrected chi connectivity index (χ0v) is 16.9. The van der Waals surface area contributed by atoms with Crippen LogP contribution in [0, 0.1) is 11.8 Å². The molecule has 1 heterocycles. The number of carboxylic acids is 1. The molecule has 0 bridgehead atoms. The van der Waals surface area contributed by atoms with E-state index in [1.54, 1.807) is 6.92 Å². The largest absolute Gasteiger partial charge is 0.481 e. The Morgan fingerprint density at radius 3 is 2.44 bits per heavy atom. The fraction of sp³-hybridized carbons (Fsp3) is 0.522. The minimum Gasteiger partial charge on any atom is -0.481 e. The molecule has 0 aromatic heterocycles. The van der Waals surface area contributed by atoms with E-state index in [1.165, 1.54) is 5.56 Å². The van der Waals surface area contributed by atoms with Crippen LogP contribution < -0.4 is 0 Å². The molecule has 1 aromatic rings. The van der Waals surface area contributed by atoms with Gasteiger partial charge in [0.15, 0.2) is 0 Å². The van der Waals surface area contributed by atoms with Crippen molar-refractivity contribution in [2.24, 2.45) is 11.8 Å². The summed E-state index contributed by atoms with van der Waals surface area (Å²) in [5.74, 6) is -0.0684. The summed E-state index contributed by atoms with van der Waals surface area (Å²) < 4.78 is 0. The van der Waals surface area contributed by atoms with Crippen LogP contribution in [0.25, 0.3) is 6.08 Å². The van der Waals surface area contributed by atoms with E-state index in [9.17, 15) is 4.79 Å². The quantitative estimate of drug-likeness (QED) is 0.449. The van der Waals surface area contributed by atoms with E-state index < -0.39 is 17.2 Å². The van der Waals surface area contributed by atoms with E-state index in [1.807, 2.05) is 25.1 Å². The summed E-state index contributed by atoms with van der Waals surface area (Å²) in [7, 11) is 0. The Hall–Kier alpha value is -1.91. The molecule has 0 amide bonds. The highest BCUT2D eigenvalue weighted by Gasteiger charge is 2.47. The average molecular weight is 373 g/mol. The molecule has 0 aliphatic carbocycles. The molecule has 1 aliphatic rings. The molecule has 2 rings (SSSR count). The van der Waals surface area contributed by atoms with E-state index in [0.29, 0.717) is 18.3 Å². The van der Waals surface area contributed by atoms with Gasteiger partial charge in [0.05, 0.1) is 6.42 Å². The first kappa shape index (κ1) is 21.4. The van der Waals surface area contributed by atoms with Gasteiger partial charge in [-0.1, -0.05) is 68.5 Å². The zero-order chi connectivity index (χ0) is 19.9. The Morgan fingerprint density at radius 1 is 1.11 bits per heavy atom. The Bertz CT molecular complexity index is 666. The lowest BCUT2D eigenvalue weighted by molar-refractivity contribution is -0.346. The molecule has 1 saturated heterocycles. The first-order valence-electron chi connectivity index (χ1n) is 9.68. The van der Waals surface area contributed by atoms with Crippen LogP contribution in [0.2, 0.25) is 0 Å². The number of aliphatic carboxylic acids is 1. The molecule has 4 heteroatoms. The van der Waals surface area contributed by atoms with Crippen LogP contribution in [0.15, 0.2) is 48.6 Å². The number of hydrogen-bond donors (Lipinski definition) is 1. The topological polar surface area (TPSA) is 55.8 Å². The summed E-state index contributed by atoms with van der Waals surface area (Å²) >= 11 is 0. The van der Waals surface area contributed by atoms with Crippen molar-refractivity contribution in [3.63, 3.8) is 0 Å². The Kier molecular flexibility index (Phi) is 7.40. The van der Waals surface area contributed by atoms with E-state index in [0.717, 1.165) is 12.8 Å². The van der Waals surface area contributed by atoms with Crippen LogP contribution >= 0.6 is 0 Å². The van der Waals surface area contributed by atoms with Crippen molar-refractivity contribution in [1.29, 1.82) is 0 Å². The van der Waals surface area contributed by atoms with Crippen molar-refractivity contribution in [3.8, 4) is 0 Å². The minimum absolute atomic E-state index is 0.0436. The van der Waals surface area contributed by atoms with E-state index in [4.69, 9.17) is 14.9 Å². The zero-order valence-electron chi connectivity index (χ0n) is 16.9. The van der Waals surface area contributed by atoms with Crippen LogP contribution in [-0.4, -0.2) is 22.3 Å². The van der Waals surface area contributed by atoms with Gasteiger partial charge in [0.25, 0.3) is 0 Å². The number of hydrogen-bond acceptors (Lipinski definition) is 3. The van der Waals surface area contributed by atoms with Gasteiger partial charge in [-0.2, -0.15) is 0 Å². The first-order valence-corrected chi connectivity index (χ1v) is 9.68. The summed E-state index contributed by atoms with van der Waals surface area (Å²) in [5, 5.41) is 9.02. The number of carbonyl (C=O) groups is 1. The molecule has 0 spiro atoms. The summed E-state index contributed by atoms with van der Waals surface area (Å²) in [4.78, 5) is 21.9. The van der Waals surface area contributed by atoms with Gasteiger partial charge in [0.2, 0.25) is 0 Å². The summed E-state index contributed by atoms with van der Waals surface area (Å²) in [6.07, 6.45) is 11.2. The van der Waals surface area contributed by atoms with E-state index >= 15 is 0 Å². The number of rotatable bonds is 9. The highest BCUT2D eigenvalue weighted by Crippen LogP contribution is 2.41. The first-order chi connectivity index (χ1) is 12.7. The van der Waals surface area contributed by atoms with Gasteiger partial charge < -0.3 is 5.11 Å². The second-order valence-corrected chi connectivity index (χ2v) is 8.41. The molecule has 1 aliphatic heterocycles. The maximum Gasteiger partial charge on any atom is 0.306 e. The van der Waals surface area contributed by atoms with Gasteiger partial charge in [-0.25, -0.2) is 9.78 Å². The lowest BCUT2D eigenvalue weighted by atomic mass is 9.83. The average Bonchev–Trinajstić information content (AvgIpc) is 2.87. The molecule has 1 aromatic carbocycles. The van der Waals surface area contributed by atoms with Crippen molar-refractivity contribution in [2.45, 2.75) is 64.6 Å². The van der Waals surface area contributed by atoms with E-state index in [-0.39, 0.29) is 6.42 Å². The molecule has 4 nitrogen and oxygen atoms in total. The standard InChI is InChI=1S/C23H32O4/c1-18(13-14-20-11-6-5-7-12-20)9-8-10-19(2)15-22(3)17-23(4,27-26-22)16-21(24)25/h5-8,10-14,18-19H,9,15-17H2,1-4H3,(H,24,25)/b10-8+,14-13+/t18-,19+,22-,23+/m1/s1. The highest BCUT2D eigenvalue weighted by atomic mass is 17.2. The van der Waals surface area contributed by atoms with Crippen molar-refractivity contribution < 1.29 is 19.7 Å². The third kappa shape index (κ3) is 7.31. The fourth-order valence-corrected chi connectivity index (χ4v) is 3.76.